The van der Waals surface area contributed by atoms with E-state index in [4.69, 9.17) is 16.3 Å². The van der Waals surface area contributed by atoms with Crippen LogP contribution in [0.3, 0.4) is 0 Å². The quantitative estimate of drug-likeness (QED) is 0.412. The molecule has 0 bridgehead atoms. The maximum Gasteiger partial charge on any atom is 0.166 e. The number of hydrogen-bond acceptors (Lipinski definition) is 4. The Balaban J connectivity index is 1.55. The highest BCUT2D eigenvalue weighted by atomic mass is 35.5. The van der Waals surface area contributed by atoms with Crippen LogP contribution >= 0.6 is 11.6 Å². The molecule has 0 saturated heterocycles. The molecule has 4 aromatic rings. The van der Waals surface area contributed by atoms with Gasteiger partial charge in [-0.15, -0.1) is 10.2 Å². The van der Waals surface area contributed by atoms with Crippen molar-refractivity contribution in [2.24, 2.45) is 0 Å². The highest BCUT2D eigenvalue weighted by Crippen LogP contribution is 2.34. The molecule has 6 nitrogen and oxygen atoms in total. The van der Waals surface area contributed by atoms with Gasteiger partial charge >= 0.3 is 0 Å². The Morgan fingerprint density at radius 3 is 2.80 bits per heavy atom. The number of hydrogen-bond donors (Lipinski definition) is 0. The predicted octanol–water partition coefficient (Wildman–Crippen LogP) is 4.23. The van der Waals surface area contributed by atoms with Gasteiger partial charge in [0.25, 0.3) is 0 Å². The van der Waals surface area contributed by atoms with E-state index in [9.17, 15) is 0 Å². The van der Waals surface area contributed by atoms with Crippen LogP contribution in [0, 0.1) is 11.8 Å². The van der Waals surface area contributed by atoms with Gasteiger partial charge in [0, 0.05) is 10.6 Å². The minimum Gasteiger partial charge on any atom is -0.369 e. The second-order valence-corrected chi connectivity index (χ2v) is 7.39. The predicted molar refractivity (Wildman–Crippen MR) is 114 cm³/mol. The summed E-state index contributed by atoms with van der Waals surface area (Å²) in [4.78, 5) is 4.51. The van der Waals surface area contributed by atoms with Gasteiger partial charge in [0.1, 0.15) is 18.6 Å². The summed E-state index contributed by atoms with van der Waals surface area (Å²) >= 11 is 6.31. The van der Waals surface area contributed by atoms with Crippen molar-refractivity contribution in [3.63, 3.8) is 0 Å². The first-order valence-electron chi connectivity index (χ1n) is 9.57. The van der Waals surface area contributed by atoms with Gasteiger partial charge in [0.05, 0.1) is 24.5 Å². The van der Waals surface area contributed by atoms with Crippen molar-refractivity contribution in [3.8, 4) is 28.9 Å². The lowest BCUT2D eigenvalue weighted by Gasteiger charge is -2.09. The van der Waals surface area contributed by atoms with Crippen LogP contribution in [0.4, 0.5) is 0 Å². The number of aromatic nitrogens is 5. The summed E-state index contributed by atoms with van der Waals surface area (Å²) in [5.41, 5.74) is 4.70. The topological polar surface area (TPSA) is 57.8 Å². The second kappa shape index (κ2) is 7.79. The van der Waals surface area contributed by atoms with Crippen molar-refractivity contribution < 1.29 is 4.74 Å². The van der Waals surface area contributed by atoms with E-state index in [1.54, 1.807) is 6.33 Å². The minimum absolute atomic E-state index is 0.348. The lowest BCUT2D eigenvalue weighted by molar-refractivity contribution is 0.0994. The third kappa shape index (κ3) is 3.28. The SMILES string of the molecule is CC#Cc1ncn2c1Cn1c(COCc3ccccc3)nnc1-c1cc(Cl)ccc1-2. The van der Waals surface area contributed by atoms with E-state index < -0.39 is 0 Å². The molecule has 0 aliphatic carbocycles. The third-order valence-electron chi connectivity index (χ3n) is 5.05. The Morgan fingerprint density at radius 1 is 1.10 bits per heavy atom. The molecule has 0 fully saturated rings. The highest BCUT2D eigenvalue weighted by molar-refractivity contribution is 6.31. The van der Waals surface area contributed by atoms with Crippen molar-refractivity contribution in [1.29, 1.82) is 0 Å². The van der Waals surface area contributed by atoms with Crippen molar-refractivity contribution in [2.75, 3.05) is 0 Å². The first-order valence-corrected chi connectivity index (χ1v) is 9.95. The standard InChI is InChI=1S/C23H18ClN5O/c1-2-6-19-21-12-28-22(14-30-13-16-7-4-3-5-8-16)26-27-23(28)18-11-17(24)9-10-20(18)29(21)15-25-19/h3-5,7-11,15H,12-14H2,1H3. The van der Waals surface area contributed by atoms with Gasteiger partial charge in [-0.05, 0) is 36.6 Å². The molecule has 30 heavy (non-hydrogen) atoms. The molecule has 0 N–H and O–H groups in total. The van der Waals surface area contributed by atoms with E-state index in [1.807, 2.05) is 55.5 Å². The van der Waals surface area contributed by atoms with E-state index >= 15 is 0 Å². The van der Waals surface area contributed by atoms with Crippen LogP contribution in [0.5, 0.6) is 0 Å². The molecule has 1 aliphatic rings. The summed E-state index contributed by atoms with van der Waals surface area (Å²) in [6.07, 6.45) is 1.80. The molecule has 2 aromatic carbocycles. The Bertz CT molecular complexity index is 1280. The minimum atomic E-state index is 0.348. The van der Waals surface area contributed by atoms with E-state index in [-0.39, 0.29) is 0 Å². The monoisotopic (exact) mass is 415 g/mol. The van der Waals surface area contributed by atoms with Gasteiger partial charge in [0.15, 0.2) is 11.6 Å². The van der Waals surface area contributed by atoms with E-state index in [1.165, 1.54) is 0 Å². The number of fused-ring (bicyclic) bond motifs is 5. The Morgan fingerprint density at radius 2 is 1.97 bits per heavy atom. The molecule has 7 heteroatoms. The summed E-state index contributed by atoms with van der Waals surface area (Å²) in [6, 6.07) is 15.8. The smallest absolute Gasteiger partial charge is 0.166 e. The first kappa shape index (κ1) is 18.6. The average molecular weight is 416 g/mol. The zero-order valence-electron chi connectivity index (χ0n) is 16.3. The normalized spacial score (nSPS) is 11.7. The van der Waals surface area contributed by atoms with Crippen molar-refractivity contribution in [1.82, 2.24) is 24.3 Å². The maximum absolute atomic E-state index is 6.31. The molecule has 0 radical (unpaired) electrons. The third-order valence-corrected chi connectivity index (χ3v) is 5.28. The fraction of sp³-hybridized carbons (Fsp3) is 0.174. The number of halogens is 1. The highest BCUT2D eigenvalue weighted by Gasteiger charge is 2.25. The zero-order chi connectivity index (χ0) is 20.5. The molecule has 2 aromatic heterocycles. The molecule has 0 atom stereocenters. The molecular weight excluding hydrogens is 398 g/mol. The number of benzene rings is 2. The zero-order valence-corrected chi connectivity index (χ0v) is 17.1. The molecular formula is C23H18ClN5O. The Hall–Kier alpha value is -3.40. The van der Waals surface area contributed by atoms with Crippen LogP contribution < -0.4 is 0 Å². The van der Waals surface area contributed by atoms with Gasteiger partial charge in [0.2, 0.25) is 0 Å². The largest absolute Gasteiger partial charge is 0.369 e. The summed E-state index contributed by atoms with van der Waals surface area (Å²) in [5, 5.41) is 9.52. The maximum atomic E-state index is 6.31. The van der Waals surface area contributed by atoms with Gasteiger partial charge in [-0.3, -0.25) is 4.57 Å². The van der Waals surface area contributed by atoms with Crippen molar-refractivity contribution in [3.05, 3.63) is 82.7 Å². The van der Waals surface area contributed by atoms with Crippen LogP contribution in [-0.4, -0.2) is 24.3 Å². The number of rotatable bonds is 4. The fourth-order valence-corrected chi connectivity index (χ4v) is 3.82. The molecule has 0 unspecified atom stereocenters. The van der Waals surface area contributed by atoms with Crippen LogP contribution in [0.2, 0.25) is 5.02 Å². The summed E-state index contributed by atoms with van der Waals surface area (Å²) < 4.78 is 10.0. The number of nitrogens with zero attached hydrogens (tertiary/aromatic N) is 5. The molecule has 0 spiro atoms. The number of ether oxygens (including phenoxy) is 1. The molecule has 0 amide bonds. The molecule has 1 aliphatic heterocycles. The molecule has 148 valence electrons. The van der Waals surface area contributed by atoms with Crippen LogP contribution in [0.15, 0.2) is 54.9 Å². The lowest BCUT2D eigenvalue weighted by Crippen LogP contribution is -2.09. The molecule has 5 rings (SSSR count). The van der Waals surface area contributed by atoms with E-state index in [2.05, 4.69) is 36.2 Å². The summed E-state index contributed by atoms with van der Waals surface area (Å²) in [6.45, 7) is 3.21. The molecule has 0 saturated carbocycles. The van der Waals surface area contributed by atoms with Crippen LogP contribution in [-0.2, 0) is 24.5 Å². The lowest BCUT2D eigenvalue weighted by atomic mass is 10.1. The van der Waals surface area contributed by atoms with Crippen molar-refractivity contribution in [2.45, 2.75) is 26.7 Å². The summed E-state index contributed by atoms with van der Waals surface area (Å²) in [5.74, 6) is 7.55. The molecule has 3 heterocycles. The van der Waals surface area contributed by atoms with Crippen molar-refractivity contribution >= 4 is 11.6 Å². The Kier molecular flexibility index (Phi) is 4.83. The fourth-order valence-electron chi connectivity index (χ4n) is 3.64. The van der Waals surface area contributed by atoms with E-state index in [0.717, 1.165) is 39.9 Å². The Labute approximate surface area is 179 Å². The van der Waals surface area contributed by atoms with Crippen LogP contribution in [0.25, 0.3) is 17.1 Å². The van der Waals surface area contributed by atoms with Gasteiger partial charge in [-0.25, -0.2) is 4.98 Å². The van der Waals surface area contributed by atoms with Gasteiger partial charge in [-0.2, -0.15) is 0 Å². The van der Waals surface area contributed by atoms with E-state index in [0.29, 0.717) is 24.8 Å². The first-order chi connectivity index (χ1) is 14.7. The summed E-state index contributed by atoms with van der Waals surface area (Å²) in [7, 11) is 0. The van der Waals surface area contributed by atoms with Gasteiger partial charge < -0.3 is 9.30 Å². The average Bonchev–Trinajstić information content (AvgIpc) is 3.31. The van der Waals surface area contributed by atoms with Gasteiger partial charge in [-0.1, -0.05) is 47.9 Å². The number of imidazole rings is 1. The second-order valence-electron chi connectivity index (χ2n) is 6.95. The van der Waals surface area contributed by atoms with Crippen LogP contribution in [0.1, 0.15) is 29.7 Å².